The van der Waals surface area contributed by atoms with Crippen LogP contribution in [0.1, 0.15) is 18.4 Å². The molecule has 7 nitrogen and oxygen atoms in total. The van der Waals surface area contributed by atoms with Gasteiger partial charge in [-0.3, -0.25) is 9.59 Å². The SMILES string of the molecule is O=C(CCl)NCC1CN(C(=O)C2CC(c3ccccc3)=NO2)CCCO1. The fourth-order valence-corrected chi connectivity index (χ4v) is 3.10. The van der Waals surface area contributed by atoms with E-state index in [1.165, 1.54) is 0 Å². The van der Waals surface area contributed by atoms with Crippen molar-refractivity contribution in [3.8, 4) is 0 Å². The van der Waals surface area contributed by atoms with Crippen molar-refractivity contribution in [1.82, 2.24) is 10.2 Å². The number of rotatable bonds is 5. The van der Waals surface area contributed by atoms with Crippen LogP contribution in [0.4, 0.5) is 0 Å². The molecule has 1 aromatic rings. The molecule has 2 heterocycles. The minimum atomic E-state index is -0.610. The smallest absolute Gasteiger partial charge is 0.267 e. The molecule has 2 amide bonds. The van der Waals surface area contributed by atoms with Gasteiger partial charge in [-0.1, -0.05) is 35.5 Å². The lowest BCUT2D eigenvalue weighted by Crippen LogP contribution is -2.46. The van der Waals surface area contributed by atoms with Crippen molar-refractivity contribution in [2.75, 3.05) is 32.1 Å². The van der Waals surface area contributed by atoms with Crippen LogP contribution in [0.15, 0.2) is 35.5 Å². The Morgan fingerprint density at radius 2 is 2.12 bits per heavy atom. The van der Waals surface area contributed by atoms with Gasteiger partial charge < -0.3 is 19.8 Å². The monoisotopic (exact) mass is 379 g/mol. The van der Waals surface area contributed by atoms with E-state index in [1.807, 2.05) is 30.3 Å². The van der Waals surface area contributed by atoms with Gasteiger partial charge in [0.25, 0.3) is 5.91 Å². The van der Waals surface area contributed by atoms with E-state index in [9.17, 15) is 9.59 Å². The molecule has 26 heavy (non-hydrogen) atoms. The first-order valence-corrected chi connectivity index (χ1v) is 9.22. The van der Waals surface area contributed by atoms with Crippen LogP contribution in [0, 0.1) is 0 Å². The maximum atomic E-state index is 12.8. The molecule has 1 fully saturated rings. The highest BCUT2D eigenvalue weighted by atomic mass is 35.5. The molecule has 0 aliphatic carbocycles. The van der Waals surface area contributed by atoms with Crippen molar-refractivity contribution in [1.29, 1.82) is 0 Å². The zero-order valence-electron chi connectivity index (χ0n) is 14.4. The van der Waals surface area contributed by atoms with Crippen molar-refractivity contribution in [3.63, 3.8) is 0 Å². The predicted octanol–water partition coefficient (Wildman–Crippen LogP) is 1.15. The first-order chi connectivity index (χ1) is 12.7. The third-order valence-electron chi connectivity index (χ3n) is 4.36. The van der Waals surface area contributed by atoms with Crippen molar-refractivity contribution in [3.05, 3.63) is 35.9 Å². The van der Waals surface area contributed by atoms with Crippen LogP contribution in [0.2, 0.25) is 0 Å². The Morgan fingerprint density at radius 3 is 2.88 bits per heavy atom. The average Bonchev–Trinajstić information content (AvgIpc) is 3.06. The van der Waals surface area contributed by atoms with Gasteiger partial charge in [-0.2, -0.15) is 0 Å². The van der Waals surface area contributed by atoms with E-state index in [1.54, 1.807) is 4.90 Å². The Hall–Kier alpha value is -2.12. The summed E-state index contributed by atoms with van der Waals surface area (Å²) in [6.45, 7) is 1.87. The number of oxime groups is 1. The van der Waals surface area contributed by atoms with Gasteiger partial charge in [0.15, 0.2) is 0 Å². The number of alkyl halides is 1. The van der Waals surface area contributed by atoms with Crippen LogP contribution in [-0.2, 0) is 19.2 Å². The molecule has 2 aliphatic heterocycles. The van der Waals surface area contributed by atoms with Crippen LogP contribution in [0.25, 0.3) is 0 Å². The number of ether oxygens (including phenoxy) is 1. The molecule has 2 atom stereocenters. The molecule has 0 aromatic heterocycles. The largest absolute Gasteiger partial charge is 0.382 e. The molecule has 0 spiro atoms. The summed E-state index contributed by atoms with van der Waals surface area (Å²) < 4.78 is 5.71. The second kappa shape index (κ2) is 9.00. The topological polar surface area (TPSA) is 80.2 Å². The Bertz CT molecular complexity index is 668. The summed E-state index contributed by atoms with van der Waals surface area (Å²) >= 11 is 5.48. The minimum absolute atomic E-state index is 0.0924. The highest BCUT2D eigenvalue weighted by Gasteiger charge is 2.34. The van der Waals surface area contributed by atoms with Crippen LogP contribution >= 0.6 is 11.6 Å². The molecule has 2 unspecified atom stereocenters. The number of halogens is 1. The van der Waals surface area contributed by atoms with Gasteiger partial charge in [0.05, 0.1) is 11.8 Å². The third-order valence-corrected chi connectivity index (χ3v) is 4.60. The van der Waals surface area contributed by atoms with Gasteiger partial charge in [0.1, 0.15) is 5.88 Å². The predicted molar refractivity (Wildman–Crippen MR) is 97.1 cm³/mol. The van der Waals surface area contributed by atoms with Gasteiger partial charge in [0.2, 0.25) is 12.0 Å². The van der Waals surface area contributed by atoms with Gasteiger partial charge in [-0.05, 0) is 12.0 Å². The molecular formula is C18H22ClN3O4. The first kappa shape index (κ1) is 18.7. The molecule has 0 radical (unpaired) electrons. The number of amides is 2. The number of nitrogens with zero attached hydrogens (tertiary/aromatic N) is 2. The van der Waals surface area contributed by atoms with Gasteiger partial charge >= 0.3 is 0 Å². The fraction of sp³-hybridized carbons (Fsp3) is 0.500. The van der Waals surface area contributed by atoms with E-state index in [2.05, 4.69) is 10.5 Å². The molecule has 8 heteroatoms. The maximum absolute atomic E-state index is 12.8. The highest BCUT2D eigenvalue weighted by molar-refractivity contribution is 6.27. The van der Waals surface area contributed by atoms with Crippen molar-refractivity contribution in [2.45, 2.75) is 25.0 Å². The lowest BCUT2D eigenvalue weighted by molar-refractivity contribution is -0.142. The first-order valence-electron chi connectivity index (χ1n) is 8.68. The van der Waals surface area contributed by atoms with E-state index in [0.29, 0.717) is 32.7 Å². The quantitative estimate of drug-likeness (QED) is 0.778. The number of benzene rings is 1. The summed E-state index contributed by atoms with van der Waals surface area (Å²) in [7, 11) is 0. The Balaban J connectivity index is 1.56. The minimum Gasteiger partial charge on any atom is -0.382 e. The van der Waals surface area contributed by atoms with Gasteiger partial charge in [-0.25, -0.2) is 0 Å². The van der Waals surface area contributed by atoms with E-state index >= 15 is 0 Å². The lowest BCUT2D eigenvalue weighted by atomic mass is 10.0. The molecule has 2 aliphatic rings. The summed E-state index contributed by atoms with van der Waals surface area (Å²) in [5.74, 6) is -0.443. The molecule has 0 saturated carbocycles. The van der Waals surface area contributed by atoms with E-state index in [4.69, 9.17) is 21.2 Å². The maximum Gasteiger partial charge on any atom is 0.267 e. The van der Waals surface area contributed by atoms with E-state index in [0.717, 1.165) is 17.7 Å². The van der Waals surface area contributed by atoms with Crippen molar-refractivity contribution in [2.24, 2.45) is 5.16 Å². The molecule has 140 valence electrons. The van der Waals surface area contributed by atoms with Crippen LogP contribution in [0.3, 0.4) is 0 Å². The summed E-state index contributed by atoms with van der Waals surface area (Å²) in [4.78, 5) is 31.3. The number of hydrogen-bond acceptors (Lipinski definition) is 5. The number of carbonyl (C=O) groups is 2. The Kier molecular flexibility index (Phi) is 6.46. The van der Waals surface area contributed by atoms with E-state index < -0.39 is 6.10 Å². The van der Waals surface area contributed by atoms with Crippen molar-refractivity contribution >= 4 is 29.1 Å². The van der Waals surface area contributed by atoms with E-state index in [-0.39, 0.29) is 23.8 Å². The molecular weight excluding hydrogens is 358 g/mol. The second-order valence-electron chi connectivity index (χ2n) is 6.27. The Morgan fingerprint density at radius 1 is 1.31 bits per heavy atom. The average molecular weight is 380 g/mol. The standard InChI is InChI=1S/C18H22ClN3O4/c19-10-17(23)20-11-14-12-22(7-4-8-25-14)18(24)16-9-15(21-26-16)13-5-2-1-3-6-13/h1-3,5-6,14,16H,4,7-12H2,(H,20,23). The molecule has 1 aromatic carbocycles. The summed E-state index contributed by atoms with van der Waals surface area (Å²) in [5.41, 5.74) is 1.74. The normalized spacial score (nSPS) is 23.0. The summed E-state index contributed by atoms with van der Waals surface area (Å²) in [6.07, 6.45) is 0.324. The van der Waals surface area contributed by atoms with Crippen LogP contribution in [0.5, 0.6) is 0 Å². The second-order valence-corrected chi connectivity index (χ2v) is 6.54. The summed E-state index contributed by atoms with van der Waals surface area (Å²) in [6, 6.07) is 9.69. The van der Waals surface area contributed by atoms with Gasteiger partial charge in [-0.15, -0.1) is 11.6 Å². The Labute approximate surface area is 157 Å². The number of carbonyl (C=O) groups excluding carboxylic acids is 2. The summed E-state index contributed by atoms with van der Waals surface area (Å²) in [5, 5.41) is 6.78. The fourth-order valence-electron chi connectivity index (χ4n) is 3.01. The molecule has 0 bridgehead atoms. The number of hydrogen-bond donors (Lipinski definition) is 1. The number of nitrogens with one attached hydrogen (secondary N) is 1. The lowest BCUT2D eigenvalue weighted by Gasteiger charge is -2.25. The molecule has 1 saturated heterocycles. The van der Waals surface area contributed by atoms with Crippen LogP contribution < -0.4 is 5.32 Å². The zero-order chi connectivity index (χ0) is 18.4. The molecule has 1 N–H and O–H groups in total. The zero-order valence-corrected chi connectivity index (χ0v) is 15.2. The van der Waals surface area contributed by atoms with Crippen LogP contribution in [-0.4, -0.2) is 66.8 Å². The highest BCUT2D eigenvalue weighted by Crippen LogP contribution is 2.19. The molecule has 3 rings (SSSR count). The third kappa shape index (κ3) is 4.74. The van der Waals surface area contributed by atoms with Crippen molar-refractivity contribution < 1.29 is 19.2 Å². The van der Waals surface area contributed by atoms with Gasteiger partial charge in [0, 0.05) is 32.7 Å².